The van der Waals surface area contributed by atoms with Gasteiger partial charge in [-0.15, -0.1) is 35.3 Å². The largest absolute Gasteiger partial charge is 0.354 e. The Morgan fingerprint density at radius 2 is 1.90 bits per heavy atom. The molecule has 160 valence electrons. The number of pyridine rings is 1. The monoisotopic (exact) mass is 529 g/mol. The molecule has 0 aromatic carbocycles. The number of aromatic nitrogens is 2. The molecule has 1 fully saturated rings. The van der Waals surface area contributed by atoms with Crippen molar-refractivity contribution in [1.82, 2.24) is 25.5 Å². The Kier molecular flexibility index (Phi) is 9.57. The van der Waals surface area contributed by atoms with E-state index in [9.17, 15) is 0 Å². The molecule has 1 aliphatic rings. The number of nitrogens with one attached hydrogen (secondary N) is 2. The second-order valence-corrected chi connectivity index (χ2v) is 8.26. The van der Waals surface area contributed by atoms with Gasteiger partial charge in [0.2, 0.25) is 0 Å². The molecule has 2 aromatic heterocycles. The number of halogens is 1. The van der Waals surface area contributed by atoms with Gasteiger partial charge >= 0.3 is 0 Å². The summed E-state index contributed by atoms with van der Waals surface area (Å²) in [5, 5.41) is 7.81. The fourth-order valence-corrected chi connectivity index (χ4v) is 4.09. The molecule has 2 N–H and O–H groups in total. The van der Waals surface area contributed by atoms with Crippen LogP contribution in [0.25, 0.3) is 0 Å². The van der Waals surface area contributed by atoms with Gasteiger partial charge in [-0.1, -0.05) is 6.92 Å². The highest BCUT2D eigenvalue weighted by atomic mass is 127. The van der Waals surface area contributed by atoms with Crippen molar-refractivity contribution in [1.29, 1.82) is 0 Å². The van der Waals surface area contributed by atoms with Crippen molar-refractivity contribution in [3.63, 3.8) is 0 Å². The molecule has 0 amide bonds. The molecule has 0 unspecified atom stereocenters. The van der Waals surface area contributed by atoms with E-state index in [1.54, 1.807) is 18.4 Å². The Morgan fingerprint density at radius 3 is 2.52 bits per heavy atom. The molecule has 0 radical (unpaired) electrons. The fraction of sp³-hybridized carbons (Fsp3) is 0.550. The molecule has 0 bridgehead atoms. The zero-order valence-electron chi connectivity index (χ0n) is 17.7. The SMILES string of the molecule is CCN1CCN(c2cc(CNC(=NC)NCc3nc(C)c(C)s3)ccn2)CC1.I. The van der Waals surface area contributed by atoms with Gasteiger partial charge in [0.15, 0.2) is 5.96 Å². The number of likely N-dealkylation sites (N-methyl/N-ethyl adjacent to an activating group) is 1. The lowest BCUT2D eigenvalue weighted by Gasteiger charge is -2.34. The molecule has 29 heavy (non-hydrogen) atoms. The quantitative estimate of drug-likeness (QED) is 0.341. The predicted molar refractivity (Wildman–Crippen MR) is 133 cm³/mol. The molecule has 0 aliphatic carbocycles. The second kappa shape index (κ2) is 11.7. The summed E-state index contributed by atoms with van der Waals surface area (Å²) in [5.74, 6) is 1.84. The minimum Gasteiger partial charge on any atom is -0.354 e. The van der Waals surface area contributed by atoms with Crippen molar-refractivity contribution in [2.45, 2.75) is 33.9 Å². The highest BCUT2D eigenvalue weighted by Crippen LogP contribution is 2.16. The number of aliphatic imine (C=N–C) groups is 1. The number of aryl methyl sites for hydroxylation is 2. The molecule has 2 aromatic rings. The molecule has 1 aliphatic heterocycles. The third-order valence-corrected chi connectivity index (χ3v) is 6.19. The Hall–Kier alpha value is -1.46. The molecule has 3 heterocycles. The lowest BCUT2D eigenvalue weighted by molar-refractivity contribution is 0.270. The molecule has 0 spiro atoms. The fourth-order valence-electron chi connectivity index (χ4n) is 3.22. The Morgan fingerprint density at radius 1 is 1.17 bits per heavy atom. The van der Waals surface area contributed by atoms with E-state index >= 15 is 0 Å². The van der Waals surface area contributed by atoms with Crippen LogP contribution in [0.3, 0.4) is 0 Å². The lowest BCUT2D eigenvalue weighted by atomic mass is 10.2. The summed E-state index contributed by atoms with van der Waals surface area (Å²) in [6, 6.07) is 4.23. The van der Waals surface area contributed by atoms with Gasteiger partial charge in [-0.3, -0.25) is 4.99 Å². The third-order valence-electron chi connectivity index (χ3n) is 5.12. The minimum atomic E-state index is 0. The molecule has 9 heteroatoms. The molecule has 3 rings (SSSR count). The number of thiazole rings is 1. The van der Waals surface area contributed by atoms with Crippen molar-refractivity contribution < 1.29 is 0 Å². The Labute approximate surface area is 195 Å². The van der Waals surface area contributed by atoms with Gasteiger partial charge in [-0.25, -0.2) is 9.97 Å². The maximum absolute atomic E-state index is 4.57. The van der Waals surface area contributed by atoms with Crippen LogP contribution in [-0.4, -0.2) is 60.6 Å². The number of anilines is 1. The Balaban J connectivity index is 0.00000300. The summed E-state index contributed by atoms with van der Waals surface area (Å²) in [7, 11) is 1.79. The highest BCUT2D eigenvalue weighted by molar-refractivity contribution is 14.0. The normalized spacial score (nSPS) is 15.2. The molecule has 7 nitrogen and oxygen atoms in total. The van der Waals surface area contributed by atoms with Crippen LogP contribution in [-0.2, 0) is 13.1 Å². The van der Waals surface area contributed by atoms with Crippen molar-refractivity contribution in [2.75, 3.05) is 44.7 Å². The van der Waals surface area contributed by atoms with Crippen LogP contribution in [0.15, 0.2) is 23.3 Å². The van der Waals surface area contributed by atoms with E-state index in [1.807, 2.05) is 13.1 Å². The van der Waals surface area contributed by atoms with Crippen molar-refractivity contribution in [3.8, 4) is 0 Å². The van der Waals surface area contributed by atoms with Crippen LogP contribution in [0.5, 0.6) is 0 Å². The van der Waals surface area contributed by atoms with E-state index in [1.165, 1.54) is 10.4 Å². The van der Waals surface area contributed by atoms with E-state index < -0.39 is 0 Å². The van der Waals surface area contributed by atoms with E-state index in [0.29, 0.717) is 13.1 Å². The van der Waals surface area contributed by atoms with Crippen LogP contribution in [0.1, 0.15) is 28.1 Å². The van der Waals surface area contributed by atoms with Crippen LogP contribution >= 0.6 is 35.3 Å². The number of guanidine groups is 1. The number of rotatable bonds is 6. The topological polar surface area (TPSA) is 68.7 Å². The summed E-state index contributed by atoms with van der Waals surface area (Å²) in [5.41, 5.74) is 2.31. The summed E-state index contributed by atoms with van der Waals surface area (Å²) in [6.07, 6.45) is 1.90. The van der Waals surface area contributed by atoms with E-state index in [0.717, 1.165) is 55.2 Å². The zero-order valence-corrected chi connectivity index (χ0v) is 20.9. The summed E-state index contributed by atoms with van der Waals surface area (Å²) in [4.78, 5) is 19.6. The Bertz CT molecular complexity index is 780. The summed E-state index contributed by atoms with van der Waals surface area (Å²) >= 11 is 1.73. The molecule has 0 saturated carbocycles. The summed E-state index contributed by atoms with van der Waals surface area (Å²) < 4.78 is 0. The van der Waals surface area contributed by atoms with Gasteiger partial charge in [0.25, 0.3) is 0 Å². The first-order valence-electron chi connectivity index (χ1n) is 9.88. The third kappa shape index (κ3) is 6.78. The van der Waals surface area contributed by atoms with Gasteiger partial charge < -0.3 is 20.4 Å². The van der Waals surface area contributed by atoms with Gasteiger partial charge in [-0.2, -0.15) is 0 Å². The standard InChI is InChI=1S/C20H31N7S.HI/c1-5-26-8-10-27(11-9-26)18-12-17(6-7-22-18)13-23-20(21-4)24-14-19-25-15(2)16(3)28-19;/h6-7,12H,5,8-11,13-14H2,1-4H3,(H2,21,23,24);1H. The first-order valence-corrected chi connectivity index (χ1v) is 10.7. The van der Waals surface area contributed by atoms with Crippen LogP contribution < -0.4 is 15.5 Å². The summed E-state index contributed by atoms with van der Waals surface area (Å²) in [6.45, 7) is 13.2. The molecule has 0 atom stereocenters. The number of hydrogen-bond donors (Lipinski definition) is 2. The molecular formula is C20H32IN7S. The number of hydrogen-bond acceptors (Lipinski definition) is 6. The van der Waals surface area contributed by atoms with Gasteiger partial charge in [-0.05, 0) is 38.1 Å². The van der Waals surface area contributed by atoms with Crippen LogP contribution in [0.4, 0.5) is 5.82 Å². The predicted octanol–water partition coefficient (Wildman–Crippen LogP) is 2.78. The first kappa shape index (κ1) is 23.8. The highest BCUT2D eigenvalue weighted by Gasteiger charge is 2.16. The smallest absolute Gasteiger partial charge is 0.191 e. The van der Waals surface area contributed by atoms with Gasteiger partial charge in [0, 0.05) is 50.8 Å². The van der Waals surface area contributed by atoms with Crippen molar-refractivity contribution in [3.05, 3.63) is 39.5 Å². The zero-order chi connectivity index (χ0) is 19.9. The molecule has 1 saturated heterocycles. The maximum Gasteiger partial charge on any atom is 0.191 e. The average Bonchev–Trinajstić information content (AvgIpc) is 3.06. The average molecular weight is 529 g/mol. The van der Waals surface area contributed by atoms with E-state index in [2.05, 4.69) is 61.4 Å². The van der Waals surface area contributed by atoms with Gasteiger partial charge in [0.05, 0.1) is 12.2 Å². The van der Waals surface area contributed by atoms with Crippen molar-refractivity contribution >= 4 is 47.1 Å². The van der Waals surface area contributed by atoms with Crippen LogP contribution in [0.2, 0.25) is 0 Å². The molecular weight excluding hydrogens is 497 g/mol. The van der Waals surface area contributed by atoms with E-state index in [-0.39, 0.29) is 24.0 Å². The number of piperazine rings is 1. The van der Waals surface area contributed by atoms with E-state index in [4.69, 9.17) is 0 Å². The maximum atomic E-state index is 4.57. The van der Waals surface area contributed by atoms with Crippen LogP contribution in [0, 0.1) is 13.8 Å². The second-order valence-electron chi connectivity index (χ2n) is 6.97. The number of nitrogens with zero attached hydrogens (tertiary/aromatic N) is 5. The minimum absolute atomic E-state index is 0. The lowest BCUT2D eigenvalue weighted by Crippen LogP contribution is -2.46. The van der Waals surface area contributed by atoms with Crippen molar-refractivity contribution in [2.24, 2.45) is 4.99 Å². The van der Waals surface area contributed by atoms with Gasteiger partial charge in [0.1, 0.15) is 10.8 Å². The first-order chi connectivity index (χ1) is 13.6.